The van der Waals surface area contributed by atoms with Crippen LogP contribution in [0.2, 0.25) is 0 Å². The molecule has 4 nitrogen and oxygen atoms in total. The van der Waals surface area contributed by atoms with Crippen LogP contribution < -0.4 is 5.32 Å². The third kappa shape index (κ3) is 4.18. The summed E-state index contributed by atoms with van der Waals surface area (Å²) in [5, 5.41) is 2.49. The molecule has 0 aliphatic heterocycles. The molecular weight excluding hydrogens is 369 g/mol. The Balaban J connectivity index is 1.73. The van der Waals surface area contributed by atoms with Crippen LogP contribution in [0.5, 0.6) is 0 Å². The zero-order chi connectivity index (χ0) is 20.4. The molecule has 1 aliphatic rings. The molecule has 0 saturated heterocycles. The molecule has 0 spiro atoms. The number of alkyl halides is 3. The van der Waals surface area contributed by atoms with Gasteiger partial charge in [0.15, 0.2) is 0 Å². The number of benzene rings is 2. The SMILES string of the molecule is CCN(Cc1ccccc1)C(=O)C1(C(=O)Nc2cccc(C(F)(F)F)c2)CC1. The first-order valence-corrected chi connectivity index (χ1v) is 9.08. The van der Waals surface area contributed by atoms with E-state index in [9.17, 15) is 22.8 Å². The fourth-order valence-electron chi connectivity index (χ4n) is 3.12. The van der Waals surface area contributed by atoms with E-state index in [1.807, 2.05) is 37.3 Å². The van der Waals surface area contributed by atoms with Gasteiger partial charge in [-0.25, -0.2) is 0 Å². The van der Waals surface area contributed by atoms with Crippen molar-refractivity contribution in [2.75, 3.05) is 11.9 Å². The summed E-state index contributed by atoms with van der Waals surface area (Å²) >= 11 is 0. The highest BCUT2D eigenvalue weighted by atomic mass is 19.4. The second kappa shape index (κ2) is 7.66. The molecule has 2 amide bonds. The van der Waals surface area contributed by atoms with Crippen molar-refractivity contribution in [3.63, 3.8) is 0 Å². The van der Waals surface area contributed by atoms with Crippen molar-refractivity contribution in [2.24, 2.45) is 5.41 Å². The predicted octanol–water partition coefficient (Wildman–Crippen LogP) is 4.47. The van der Waals surface area contributed by atoms with E-state index in [1.54, 1.807) is 4.90 Å². The number of halogens is 3. The minimum absolute atomic E-state index is 0.0324. The summed E-state index contributed by atoms with van der Waals surface area (Å²) in [6.45, 7) is 2.66. The molecule has 2 aromatic rings. The Morgan fingerprint density at radius 2 is 1.75 bits per heavy atom. The maximum absolute atomic E-state index is 13.0. The number of hydrogen-bond acceptors (Lipinski definition) is 2. The highest BCUT2D eigenvalue weighted by Gasteiger charge is 2.57. The first-order chi connectivity index (χ1) is 13.3. The maximum Gasteiger partial charge on any atom is 0.416 e. The summed E-state index contributed by atoms with van der Waals surface area (Å²) in [6, 6.07) is 13.9. The molecule has 0 aromatic heterocycles. The van der Waals surface area contributed by atoms with Gasteiger partial charge in [-0.3, -0.25) is 9.59 Å². The molecule has 0 bridgehead atoms. The third-order valence-electron chi connectivity index (χ3n) is 4.93. The van der Waals surface area contributed by atoms with Crippen molar-refractivity contribution >= 4 is 17.5 Å². The second-order valence-corrected chi connectivity index (χ2v) is 6.92. The van der Waals surface area contributed by atoms with Gasteiger partial charge in [0.25, 0.3) is 0 Å². The Morgan fingerprint density at radius 1 is 1.07 bits per heavy atom. The lowest BCUT2D eigenvalue weighted by molar-refractivity contribution is -0.143. The Bertz CT molecular complexity index is 861. The van der Waals surface area contributed by atoms with E-state index >= 15 is 0 Å². The lowest BCUT2D eigenvalue weighted by Crippen LogP contribution is -2.42. The molecule has 0 unspecified atom stereocenters. The second-order valence-electron chi connectivity index (χ2n) is 6.92. The van der Waals surface area contributed by atoms with Gasteiger partial charge in [0.1, 0.15) is 5.41 Å². The van der Waals surface area contributed by atoms with Crippen LogP contribution in [-0.2, 0) is 22.3 Å². The lowest BCUT2D eigenvalue weighted by Gasteiger charge is -2.26. The molecule has 1 saturated carbocycles. The number of nitrogens with one attached hydrogen (secondary N) is 1. The van der Waals surface area contributed by atoms with Crippen molar-refractivity contribution in [3.8, 4) is 0 Å². The van der Waals surface area contributed by atoms with Gasteiger partial charge < -0.3 is 10.2 Å². The van der Waals surface area contributed by atoms with Crippen molar-refractivity contribution in [1.82, 2.24) is 4.90 Å². The summed E-state index contributed by atoms with van der Waals surface area (Å²) in [5.41, 5.74) is -1.06. The molecule has 0 atom stereocenters. The third-order valence-corrected chi connectivity index (χ3v) is 4.93. The molecule has 1 aliphatic carbocycles. The number of nitrogens with zero attached hydrogens (tertiary/aromatic N) is 1. The Hall–Kier alpha value is -2.83. The van der Waals surface area contributed by atoms with Crippen LogP contribution in [0.3, 0.4) is 0 Å². The molecule has 1 fully saturated rings. The van der Waals surface area contributed by atoms with E-state index in [-0.39, 0.29) is 11.6 Å². The number of anilines is 1. The van der Waals surface area contributed by atoms with Gasteiger partial charge in [-0.1, -0.05) is 36.4 Å². The summed E-state index contributed by atoms with van der Waals surface area (Å²) in [4.78, 5) is 27.3. The molecule has 7 heteroatoms. The number of hydrogen-bond donors (Lipinski definition) is 1. The normalized spacial score (nSPS) is 15.0. The number of carbonyl (C=O) groups excluding carboxylic acids is 2. The van der Waals surface area contributed by atoms with Gasteiger partial charge in [-0.05, 0) is 43.5 Å². The molecule has 1 N–H and O–H groups in total. The smallest absolute Gasteiger partial charge is 0.338 e. The van der Waals surface area contributed by atoms with Crippen LogP contribution in [0.1, 0.15) is 30.9 Å². The standard InChI is InChI=1S/C21H21F3N2O2/c1-2-26(14-15-7-4-3-5-8-15)19(28)20(11-12-20)18(27)25-17-10-6-9-16(13-17)21(22,23)24/h3-10,13H,2,11-12,14H2,1H3,(H,25,27). The van der Waals surface area contributed by atoms with Crippen molar-refractivity contribution < 1.29 is 22.8 Å². The fourth-order valence-corrected chi connectivity index (χ4v) is 3.12. The summed E-state index contributed by atoms with van der Waals surface area (Å²) in [6.07, 6.45) is -3.72. The monoisotopic (exact) mass is 390 g/mol. The fraction of sp³-hybridized carbons (Fsp3) is 0.333. The molecule has 3 rings (SSSR count). The molecule has 28 heavy (non-hydrogen) atoms. The van der Waals surface area contributed by atoms with E-state index in [2.05, 4.69) is 5.32 Å². The van der Waals surface area contributed by atoms with Crippen LogP contribution >= 0.6 is 0 Å². The minimum atomic E-state index is -4.50. The van der Waals surface area contributed by atoms with Gasteiger partial charge in [0, 0.05) is 18.8 Å². The van der Waals surface area contributed by atoms with Crippen molar-refractivity contribution in [1.29, 1.82) is 0 Å². The first-order valence-electron chi connectivity index (χ1n) is 9.08. The van der Waals surface area contributed by atoms with Crippen LogP contribution in [0, 0.1) is 5.41 Å². The Labute approximate surface area is 161 Å². The average Bonchev–Trinajstić information content (AvgIpc) is 3.48. The van der Waals surface area contributed by atoms with Crippen LogP contribution in [-0.4, -0.2) is 23.3 Å². The maximum atomic E-state index is 13.0. The summed E-state index contributed by atoms with van der Waals surface area (Å²) < 4.78 is 38.6. The van der Waals surface area contributed by atoms with Gasteiger partial charge in [0.05, 0.1) is 5.56 Å². The largest absolute Gasteiger partial charge is 0.416 e. The molecule has 148 valence electrons. The molecule has 0 heterocycles. The number of amides is 2. The van der Waals surface area contributed by atoms with Gasteiger partial charge in [-0.2, -0.15) is 13.2 Å². The quantitative estimate of drug-likeness (QED) is 0.740. The van der Waals surface area contributed by atoms with E-state index in [4.69, 9.17) is 0 Å². The van der Waals surface area contributed by atoms with E-state index in [1.165, 1.54) is 12.1 Å². The van der Waals surface area contributed by atoms with Gasteiger partial charge in [0.2, 0.25) is 11.8 Å². The van der Waals surface area contributed by atoms with E-state index in [0.29, 0.717) is 25.9 Å². The lowest BCUT2D eigenvalue weighted by atomic mass is 10.0. The number of rotatable bonds is 6. The minimum Gasteiger partial charge on any atom is -0.338 e. The van der Waals surface area contributed by atoms with E-state index in [0.717, 1.165) is 17.7 Å². The van der Waals surface area contributed by atoms with Gasteiger partial charge in [-0.15, -0.1) is 0 Å². The summed E-state index contributed by atoms with van der Waals surface area (Å²) in [7, 11) is 0. The first kappa shape index (κ1) is 19.9. The molecule has 0 radical (unpaired) electrons. The van der Waals surface area contributed by atoms with E-state index < -0.39 is 23.1 Å². The average molecular weight is 390 g/mol. The Morgan fingerprint density at radius 3 is 2.32 bits per heavy atom. The Kier molecular flexibility index (Phi) is 5.45. The highest BCUT2D eigenvalue weighted by Crippen LogP contribution is 2.48. The van der Waals surface area contributed by atoms with Crippen LogP contribution in [0.15, 0.2) is 54.6 Å². The predicted molar refractivity (Wildman–Crippen MR) is 99.3 cm³/mol. The summed E-state index contributed by atoms with van der Waals surface area (Å²) in [5.74, 6) is -0.841. The molecular formula is C21H21F3N2O2. The zero-order valence-electron chi connectivity index (χ0n) is 15.4. The highest BCUT2D eigenvalue weighted by molar-refractivity contribution is 6.13. The topological polar surface area (TPSA) is 49.4 Å². The van der Waals surface area contributed by atoms with Crippen molar-refractivity contribution in [2.45, 2.75) is 32.5 Å². The van der Waals surface area contributed by atoms with Crippen molar-refractivity contribution in [3.05, 3.63) is 65.7 Å². The zero-order valence-corrected chi connectivity index (χ0v) is 15.4. The number of carbonyl (C=O) groups is 2. The van der Waals surface area contributed by atoms with Crippen LogP contribution in [0.25, 0.3) is 0 Å². The van der Waals surface area contributed by atoms with Crippen LogP contribution in [0.4, 0.5) is 18.9 Å². The molecule has 2 aromatic carbocycles. The van der Waals surface area contributed by atoms with Gasteiger partial charge >= 0.3 is 6.18 Å².